The smallest absolute Gasteiger partial charge is 0.161 e. The molecule has 0 fully saturated rings. The number of nitrogens with zero attached hydrogens (tertiary/aromatic N) is 1. The van der Waals surface area contributed by atoms with E-state index in [2.05, 4.69) is 46.5 Å². The van der Waals surface area contributed by atoms with Gasteiger partial charge in [-0.2, -0.15) is 0 Å². The quantitative estimate of drug-likeness (QED) is 0.494. The van der Waals surface area contributed by atoms with E-state index in [0.29, 0.717) is 11.5 Å². The molecule has 5 nitrogen and oxygen atoms in total. The summed E-state index contributed by atoms with van der Waals surface area (Å²) in [6.07, 6.45) is 1.79. The summed E-state index contributed by atoms with van der Waals surface area (Å²) in [5.41, 5.74) is 4.48. The van der Waals surface area contributed by atoms with Crippen LogP contribution in [0.15, 0.2) is 66.9 Å². The molecular weight excluding hydrogens is 350 g/mol. The van der Waals surface area contributed by atoms with Gasteiger partial charge in [-0.25, -0.2) is 4.98 Å². The van der Waals surface area contributed by atoms with Gasteiger partial charge in [0.1, 0.15) is 5.82 Å². The number of aromatic nitrogens is 2. The van der Waals surface area contributed by atoms with E-state index < -0.39 is 0 Å². The fourth-order valence-electron chi connectivity index (χ4n) is 3.62. The average molecular weight is 373 g/mol. The van der Waals surface area contributed by atoms with Gasteiger partial charge in [0.15, 0.2) is 11.5 Å². The highest BCUT2D eigenvalue weighted by Crippen LogP contribution is 2.37. The number of aryl methyl sites for hydroxylation is 1. The molecule has 0 radical (unpaired) electrons. The molecule has 2 heterocycles. The Morgan fingerprint density at radius 1 is 0.929 bits per heavy atom. The summed E-state index contributed by atoms with van der Waals surface area (Å²) in [5, 5.41) is 4.78. The summed E-state index contributed by atoms with van der Waals surface area (Å²) in [6, 6.07) is 20.1. The maximum atomic E-state index is 5.54. The van der Waals surface area contributed by atoms with Gasteiger partial charge < -0.3 is 19.8 Å². The van der Waals surface area contributed by atoms with Crippen LogP contribution in [-0.4, -0.2) is 24.2 Å². The first-order chi connectivity index (χ1) is 13.7. The van der Waals surface area contributed by atoms with Crippen molar-refractivity contribution in [1.82, 2.24) is 9.97 Å². The lowest BCUT2D eigenvalue weighted by Gasteiger charge is -2.22. The minimum absolute atomic E-state index is 0.106. The molecule has 0 amide bonds. The molecule has 0 aliphatic carbocycles. The molecule has 0 aliphatic heterocycles. The lowest BCUT2D eigenvalue weighted by molar-refractivity contribution is 0.354. The Kier molecular flexibility index (Phi) is 4.89. The van der Waals surface area contributed by atoms with Crippen molar-refractivity contribution in [1.29, 1.82) is 0 Å². The second kappa shape index (κ2) is 7.64. The highest BCUT2D eigenvalue weighted by atomic mass is 16.5. The van der Waals surface area contributed by atoms with Crippen LogP contribution in [-0.2, 0) is 0 Å². The number of ether oxygens (including phenoxy) is 2. The summed E-state index contributed by atoms with van der Waals surface area (Å²) in [5.74, 6) is 2.22. The molecule has 142 valence electrons. The fraction of sp³-hybridized carbons (Fsp3) is 0.174. The zero-order valence-electron chi connectivity index (χ0n) is 16.2. The van der Waals surface area contributed by atoms with Crippen LogP contribution in [0.5, 0.6) is 11.5 Å². The molecule has 1 atom stereocenters. The first-order valence-corrected chi connectivity index (χ1v) is 9.18. The second-order valence-electron chi connectivity index (χ2n) is 6.62. The van der Waals surface area contributed by atoms with Gasteiger partial charge in [-0.05, 0) is 42.8 Å². The van der Waals surface area contributed by atoms with Crippen LogP contribution in [0.1, 0.15) is 22.9 Å². The van der Waals surface area contributed by atoms with Gasteiger partial charge >= 0.3 is 0 Å². The molecule has 2 aromatic carbocycles. The molecule has 0 bridgehead atoms. The zero-order valence-corrected chi connectivity index (χ0v) is 16.2. The van der Waals surface area contributed by atoms with E-state index in [9.17, 15) is 0 Å². The number of anilines is 1. The first kappa shape index (κ1) is 17.9. The number of hydrogen-bond acceptors (Lipinski definition) is 4. The van der Waals surface area contributed by atoms with Crippen LogP contribution in [0.3, 0.4) is 0 Å². The van der Waals surface area contributed by atoms with Crippen molar-refractivity contribution >= 4 is 16.7 Å². The Bertz CT molecular complexity index is 1090. The zero-order chi connectivity index (χ0) is 19.5. The molecule has 0 aliphatic rings. The van der Waals surface area contributed by atoms with Crippen LogP contribution in [0.25, 0.3) is 10.9 Å². The molecule has 2 aromatic heterocycles. The predicted octanol–water partition coefficient (Wildman–Crippen LogP) is 5.09. The summed E-state index contributed by atoms with van der Waals surface area (Å²) < 4.78 is 10.9. The highest BCUT2D eigenvalue weighted by molar-refractivity contribution is 5.86. The number of pyridine rings is 1. The maximum Gasteiger partial charge on any atom is 0.161 e. The fourth-order valence-corrected chi connectivity index (χ4v) is 3.62. The Hall–Kier alpha value is -3.47. The number of methoxy groups -OCH3 is 2. The van der Waals surface area contributed by atoms with Crippen molar-refractivity contribution in [2.24, 2.45) is 0 Å². The molecule has 5 heteroatoms. The monoisotopic (exact) mass is 373 g/mol. The van der Waals surface area contributed by atoms with Crippen LogP contribution in [0.4, 0.5) is 5.82 Å². The third-order valence-corrected chi connectivity index (χ3v) is 4.93. The summed E-state index contributed by atoms with van der Waals surface area (Å²) in [4.78, 5) is 7.96. The van der Waals surface area contributed by atoms with Crippen molar-refractivity contribution < 1.29 is 9.47 Å². The number of para-hydroxylation sites is 1. The van der Waals surface area contributed by atoms with Crippen LogP contribution >= 0.6 is 0 Å². The maximum absolute atomic E-state index is 5.54. The number of hydrogen-bond donors (Lipinski definition) is 2. The first-order valence-electron chi connectivity index (χ1n) is 9.18. The predicted molar refractivity (Wildman–Crippen MR) is 112 cm³/mol. The van der Waals surface area contributed by atoms with Gasteiger partial charge in [0.2, 0.25) is 0 Å². The molecule has 0 saturated carbocycles. The summed E-state index contributed by atoms with van der Waals surface area (Å²) >= 11 is 0. The summed E-state index contributed by atoms with van der Waals surface area (Å²) in [6.45, 7) is 2.10. The molecule has 0 unspecified atom stereocenters. The van der Waals surface area contributed by atoms with Crippen molar-refractivity contribution in [2.45, 2.75) is 13.0 Å². The third-order valence-electron chi connectivity index (χ3n) is 4.93. The van der Waals surface area contributed by atoms with E-state index in [1.165, 1.54) is 10.9 Å². The minimum Gasteiger partial charge on any atom is -0.493 e. The van der Waals surface area contributed by atoms with Gasteiger partial charge in [-0.1, -0.05) is 30.3 Å². The molecule has 28 heavy (non-hydrogen) atoms. The van der Waals surface area contributed by atoms with E-state index in [1.807, 2.05) is 36.4 Å². The lowest BCUT2D eigenvalue weighted by atomic mass is 9.95. The normalized spacial score (nSPS) is 12.0. The summed E-state index contributed by atoms with van der Waals surface area (Å²) in [7, 11) is 3.30. The number of aromatic amines is 1. The number of nitrogens with one attached hydrogen (secondary N) is 2. The number of H-pyrrole nitrogens is 1. The van der Waals surface area contributed by atoms with Crippen LogP contribution in [0.2, 0.25) is 0 Å². The average Bonchev–Trinajstić information content (AvgIpc) is 3.08. The SMILES string of the molecule is COc1ccc([C@H](Nc2ccccn2)c2c(C)[nH]c3ccccc23)cc1OC. The Morgan fingerprint density at radius 3 is 2.46 bits per heavy atom. The van der Waals surface area contributed by atoms with Gasteiger partial charge in [-0.15, -0.1) is 0 Å². The van der Waals surface area contributed by atoms with E-state index >= 15 is 0 Å². The van der Waals surface area contributed by atoms with Gasteiger partial charge in [0.25, 0.3) is 0 Å². The van der Waals surface area contributed by atoms with Crippen molar-refractivity contribution in [2.75, 3.05) is 19.5 Å². The van der Waals surface area contributed by atoms with Crippen molar-refractivity contribution in [3.63, 3.8) is 0 Å². The Labute approximate surface area is 164 Å². The molecule has 0 spiro atoms. The number of rotatable bonds is 6. The van der Waals surface area contributed by atoms with Gasteiger partial charge in [0, 0.05) is 28.4 Å². The molecule has 4 rings (SSSR count). The Balaban J connectivity index is 1.88. The van der Waals surface area contributed by atoms with Gasteiger partial charge in [-0.3, -0.25) is 0 Å². The van der Waals surface area contributed by atoms with E-state index in [-0.39, 0.29) is 6.04 Å². The lowest BCUT2D eigenvalue weighted by Crippen LogP contribution is -2.14. The molecular formula is C23H23N3O2. The second-order valence-corrected chi connectivity index (χ2v) is 6.62. The number of benzene rings is 2. The Morgan fingerprint density at radius 2 is 1.71 bits per heavy atom. The highest BCUT2D eigenvalue weighted by Gasteiger charge is 2.22. The molecule has 4 aromatic rings. The third kappa shape index (κ3) is 3.27. The van der Waals surface area contributed by atoms with Crippen molar-refractivity contribution in [3.05, 3.63) is 83.7 Å². The largest absolute Gasteiger partial charge is 0.493 e. The molecule has 0 saturated heterocycles. The van der Waals surface area contributed by atoms with E-state index in [4.69, 9.17) is 9.47 Å². The molecule has 2 N–H and O–H groups in total. The van der Waals surface area contributed by atoms with E-state index in [1.54, 1.807) is 20.4 Å². The number of fused-ring (bicyclic) bond motifs is 1. The van der Waals surface area contributed by atoms with E-state index in [0.717, 1.165) is 22.6 Å². The van der Waals surface area contributed by atoms with Crippen LogP contribution in [0, 0.1) is 6.92 Å². The minimum atomic E-state index is -0.106. The van der Waals surface area contributed by atoms with Crippen LogP contribution < -0.4 is 14.8 Å². The standard InChI is InChI=1S/C23H23N3O2/c1-15-22(17-8-4-5-9-18(17)25-15)23(26-21-10-6-7-13-24-21)16-11-12-19(27-2)20(14-16)28-3/h4-14,23,25H,1-3H3,(H,24,26)/t23-/m0/s1. The van der Waals surface area contributed by atoms with Crippen molar-refractivity contribution in [3.8, 4) is 11.5 Å². The topological polar surface area (TPSA) is 59.2 Å². The van der Waals surface area contributed by atoms with Gasteiger partial charge in [0.05, 0.1) is 20.3 Å².